The number of benzene rings is 1. The lowest BCUT2D eigenvalue weighted by Crippen LogP contribution is -2.15. The summed E-state index contributed by atoms with van der Waals surface area (Å²) < 4.78 is 7.43. The summed E-state index contributed by atoms with van der Waals surface area (Å²) in [4.78, 5) is 16.3. The highest BCUT2D eigenvalue weighted by atomic mass is 35.5. The fourth-order valence-electron chi connectivity index (χ4n) is 2.69. The van der Waals surface area contributed by atoms with Crippen molar-refractivity contribution in [3.63, 3.8) is 0 Å². The van der Waals surface area contributed by atoms with Gasteiger partial charge in [-0.05, 0) is 29.8 Å². The molecule has 1 aromatic carbocycles. The number of amides is 1. The molecule has 1 N–H and O–H groups in total. The lowest BCUT2D eigenvalue weighted by atomic mass is 10.2. The van der Waals surface area contributed by atoms with Gasteiger partial charge in [0.1, 0.15) is 0 Å². The minimum atomic E-state index is -0.210. The Bertz CT molecular complexity index is 1100. The van der Waals surface area contributed by atoms with Crippen LogP contribution < -0.4 is 5.32 Å². The number of furan rings is 1. The topological polar surface area (TPSA) is 85.8 Å². The molecule has 0 fully saturated rings. The number of carbonyl (C=O) groups is 1. The molecule has 0 spiro atoms. The van der Waals surface area contributed by atoms with Crippen LogP contribution in [0, 0.1) is 0 Å². The molecule has 0 unspecified atom stereocenters. The Morgan fingerprint density at radius 3 is 2.72 bits per heavy atom. The minimum absolute atomic E-state index is 0.149. The summed E-state index contributed by atoms with van der Waals surface area (Å²) in [6.45, 7) is 0.558. The fraction of sp³-hybridized carbons (Fsp3) is 0.100. The Hall–Kier alpha value is -3.10. The van der Waals surface area contributed by atoms with Crippen molar-refractivity contribution in [2.45, 2.75) is 11.7 Å². The third-order valence-corrected chi connectivity index (χ3v) is 5.28. The van der Waals surface area contributed by atoms with Crippen LogP contribution in [0.2, 0.25) is 5.15 Å². The molecule has 29 heavy (non-hydrogen) atoms. The minimum Gasteiger partial charge on any atom is -0.461 e. The Labute approximate surface area is 176 Å². The van der Waals surface area contributed by atoms with Gasteiger partial charge < -0.3 is 9.73 Å². The van der Waals surface area contributed by atoms with E-state index in [-0.39, 0.29) is 16.8 Å². The van der Waals surface area contributed by atoms with Crippen molar-refractivity contribution in [2.75, 3.05) is 11.1 Å². The number of halogens is 1. The molecule has 146 valence electrons. The predicted octanol–water partition coefficient (Wildman–Crippen LogP) is 4.37. The number of thioether (sulfide) groups is 1. The normalized spacial score (nSPS) is 10.8. The first kappa shape index (κ1) is 19.2. The van der Waals surface area contributed by atoms with Crippen molar-refractivity contribution in [1.82, 2.24) is 19.7 Å². The maximum atomic E-state index is 12.3. The Morgan fingerprint density at radius 2 is 1.97 bits per heavy atom. The molecule has 0 aliphatic carbocycles. The number of rotatable bonds is 7. The van der Waals surface area contributed by atoms with Gasteiger partial charge in [0, 0.05) is 6.20 Å². The highest BCUT2D eigenvalue weighted by Gasteiger charge is 2.18. The van der Waals surface area contributed by atoms with E-state index in [1.54, 1.807) is 30.7 Å². The van der Waals surface area contributed by atoms with Gasteiger partial charge in [-0.2, -0.15) is 0 Å². The Balaban J connectivity index is 1.52. The smallest absolute Gasteiger partial charge is 0.234 e. The summed E-state index contributed by atoms with van der Waals surface area (Å²) in [6.07, 6.45) is 3.16. The van der Waals surface area contributed by atoms with E-state index in [0.29, 0.717) is 29.0 Å². The Morgan fingerprint density at radius 1 is 1.10 bits per heavy atom. The van der Waals surface area contributed by atoms with E-state index in [9.17, 15) is 4.79 Å². The van der Waals surface area contributed by atoms with Gasteiger partial charge >= 0.3 is 0 Å². The van der Waals surface area contributed by atoms with Crippen LogP contribution in [0.25, 0.3) is 11.6 Å². The standard InChI is InChI=1S/C20H16ClN5O2S/c21-18-15(8-4-10-22-18)23-17(27)13-29-20-25-24-19(16-9-5-11-28-16)26(20)12-14-6-2-1-3-7-14/h1-11H,12-13H2,(H,23,27). The lowest BCUT2D eigenvalue weighted by molar-refractivity contribution is -0.113. The summed E-state index contributed by atoms with van der Waals surface area (Å²) in [5, 5.41) is 12.1. The van der Waals surface area contributed by atoms with E-state index in [0.717, 1.165) is 5.56 Å². The number of hydrogen-bond acceptors (Lipinski definition) is 6. The maximum absolute atomic E-state index is 12.3. The average Bonchev–Trinajstić information content (AvgIpc) is 3.39. The van der Waals surface area contributed by atoms with E-state index in [2.05, 4.69) is 20.5 Å². The zero-order valence-electron chi connectivity index (χ0n) is 15.2. The van der Waals surface area contributed by atoms with E-state index in [1.807, 2.05) is 41.0 Å². The van der Waals surface area contributed by atoms with E-state index < -0.39 is 0 Å². The average molecular weight is 426 g/mol. The molecule has 0 radical (unpaired) electrons. The summed E-state index contributed by atoms with van der Waals surface area (Å²) in [5.41, 5.74) is 1.57. The molecule has 4 aromatic rings. The third-order valence-electron chi connectivity index (χ3n) is 4.01. The van der Waals surface area contributed by atoms with Gasteiger partial charge in [-0.1, -0.05) is 53.7 Å². The van der Waals surface area contributed by atoms with Gasteiger partial charge in [0.15, 0.2) is 16.1 Å². The van der Waals surface area contributed by atoms with Crippen LogP contribution in [-0.2, 0) is 11.3 Å². The van der Waals surface area contributed by atoms with Crippen molar-refractivity contribution in [2.24, 2.45) is 0 Å². The van der Waals surface area contributed by atoms with Crippen molar-refractivity contribution >= 4 is 35.0 Å². The van der Waals surface area contributed by atoms with Gasteiger partial charge in [-0.3, -0.25) is 9.36 Å². The number of aromatic nitrogens is 4. The quantitative estimate of drug-likeness (QED) is 0.349. The highest BCUT2D eigenvalue weighted by molar-refractivity contribution is 7.99. The van der Waals surface area contributed by atoms with Gasteiger partial charge in [0.25, 0.3) is 0 Å². The first-order chi connectivity index (χ1) is 14.2. The molecule has 4 rings (SSSR count). The largest absolute Gasteiger partial charge is 0.461 e. The van der Waals surface area contributed by atoms with Gasteiger partial charge in [0.2, 0.25) is 11.7 Å². The molecule has 0 aliphatic rings. The number of anilines is 1. The van der Waals surface area contributed by atoms with Gasteiger partial charge in [-0.15, -0.1) is 10.2 Å². The molecule has 0 saturated heterocycles. The van der Waals surface area contributed by atoms with Crippen LogP contribution in [0.3, 0.4) is 0 Å². The van der Waals surface area contributed by atoms with Crippen molar-refractivity contribution in [3.8, 4) is 11.6 Å². The molecule has 1 amide bonds. The molecule has 0 bridgehead atoms. The summed E-state index contributed by atoms with van der Waals surface area (Å²) in [6, 6.07) is 17.0. The van der Waals surface area contributed by atoms with Crippen molar-refractivity contribution in [3.05, 3.63) is 77.8 Å². The zero-order chi connectivity index (χ0) is 20.1. The second-order valence-electron chi connectivity index (χ2n) is 6.03. The monoisotopic (exact) mass is 425 g/mol. The summed E-state index contributed by atoms with van der Waals surface area (Å²) in [5.74, 6) is 1.17. The Kier molecular flexibility index (Phi) is 5.92. The first-order valence-corrected chi connectivity index (χ1v) is 10.1. The molecule has 0 atom stereocenters. The van der Waals surface area contributed by atoms with E-state index >= 15 is 0 Å². The maximum Gasteiger partial charge on any atom is 0.234 e. The predicted molar refractivity (Wildman–Crippen MR) is 112 cm³/mol. The van der Waals surface area contributed by atoms with Crippen LogP contribution >= 0.6 is 23.4 Å². The lowest BCUT2D eigenvalue weighted by Gasteiger charge is -2.10. The van der Waals surface area contributed by atoms with Crippen molar-refractivity contribution < 1.29 is 9.21 Å². The SMILES string of the molecule is O=C(CSc1nnc(-c2ccco2)n1Cc1ccccc1)Nc1cccnc1Cl. The third kappa shape index (κ3) is 4.67. The fourth-order valence-corrected chi connectivity index (χ4v) is 3.59. The van der Waals surface area contributed by atoms with Crippen LogP contribution in [0.15, 0.2) is 76.6 Å². The van der Waals surface area contributed by atoms with Crippen LogP contribution in [0.4, 0.5) is 5.69 Å². The van der Waals surface area contributed by atoms with E-state index in [1.165, 1.54) is 11.8 Å². The van der Waals surface area contributed by atoms with Gasteiger partial charge in [-0.25, -0.2) is 4.98 Å². The second-order valence-corrected chi connectivity index (χ2v) is 7.33. The number of carbonyl (C=O) groups excluding carboxylic acids is 1. The number of pyridine rings is 1. The van der Waals surface area contributed by atoms with Crippen LogP contribution in [-0.4, -0.2) is 31.4 Å². The first-order valence-electron chi connectivity index (χ1n) is 8.75. The number of nitrogens with one attached hydrogen (secondary N) is 1. The molecule has 7 nitrogen and oxygen atoms in total. The second kappa shape index (κ2) is 8.93. The molecule has 0 saturated carbocycles. The van der Waals surface area contributed by atoms with Crippen LogP contribution in [0.5, 0.6) is 0 Å². The molecular weight excluding hydrogens is 410 g/mol. The molecule has 3 heterocycles. The van der Waals surface area contributed by atoms with Gasteiger partial charge in [0.05, 0.1) is 24.2 Å². The van der Waals surface area contributed by atoms with E-state index in [4.69, 9.17) is 16.0 Å². The molecule has 0 aliphatic heterocycles. The van der Waals surface area contributed by atoms with Crippen LogP contribution in [0.1, 0.15) is 5.56 Å². The van der Waals surface area contributed by atoms with Crippen molar-refractivity contribution in [1.29, 1.82) is 0 Å². The number of nitrogens with zero attached hydrogens (tertiary/aromatic N) is 4. The highest BCUT2D eigenvalue weighted by Crippen LogP contribution is 2.26. The number of hydrogen-bond donors (Lipinski definition) is 1. The molecule has 9 heteroatoms. The molecular formula is C20H16ClN5O2S. The summed E-state index contributed by atoms with van der Waals surface area (Å²) in [7, 11) is 0. The zero-order valence-corrected chi connectivity index (χ0v) is 16.7. The summed E-state index contributed by atoms with van der Waals surface area (Å²) >= 11 is 7.28. The molecule has 3 aromatic heterocycles.